The van der Waals surface area contributed by atoms with E-state index >= 15 is 4.39 Å². The van der Waals surface area contributed by atoms with Crippen molar-refractivity contribution in [2.24, 2.45) is 0 Å². The van der Waals surface area contributed by atoms with Crippen molar-refractivity contribution in [3.8, 4) is 0 Å². The number of nitrogens with zero attached hydrogens (tertiary/aromatic N) is 4. The monoisotopic (exact) mass is 605 g/mol. The summed E-state index contributed by atoms with van der Waals surface area (Å²) in [6.45, 7) is 3.03. The van der Waals surface area contributed by atoms with Crippen molar-refractivity contribution in [1.29, 1.82) is 0 Å². The molecule has 3 heterocycles. The second-order valence-corrected chi connectivity index (χ2v) is 12.1. The van der Waals surface area contributed by atoms with Crippen LogP contribution in [0.1, 0.15) is 52.5 Å². The summed E-state index contributed by atoms with van der Waals surface area (Å²) in [5, 5.41) is 4.42. The molecule has 0 spiro atoms. The first kappa shape index (κ1) is 28.7. The quantitative estimate of drug-likeness (QED) is 0.408. The van der Waals surface area contributed by atoms with Crippen LogP contribution in [0.5, 0.6) is 0 Å². The summed E-state index contributed by atoms with van der Waals surface area (Å²) in [4.78, 5) is 14.4. The van der Waals surface area contributed by atoms with Gasteiger partial charge in [-0.3, -0.25) is 14.4 Å². The Morgan fingerprint density at radius 1 is 1.10 bits per heavy atom. The van der Waals surface area contributed by atoms with Gasteiger partial charge < -0.3 is 0 Å². The van der Waals surface area contributed by atoms with Gasteiger partial charge in [-0.25, -0.2) is 13.5 Å². The van der Waals surface area contributed by atoms with Gasteiger partial charge in [-0.05, 0) is 44.4 Å². The van der Waals surface area contributed by atoms with Gasteiger partial charge in [0.25, 0.3) is 5.91 Å². The predicted octanol–water partition coefficient (Wildman–Crippen LogP) is 4.81. The summed E-state index contributed by atoms with van der Waals surface area (Å²) < 4.78 is 98.2. The maximum absolute atomic E-state index is 15.0. The van der Waals surface area contributed by atoms with Gasteiger partial charge in [0.05, 0.1) is 33.4 Å². The average Bonchev–Trinajstić information content (AvgIpc) is 3.14. The second kappa shape index (κ2) is 10.5. The van der Waals surface area contributed by atoms with Crippen LogP contribution in [0.25, 0.3) is 10.9 Å². The van der Waals surface area contributed by atoms with Gasteiger partial charge in [0.1, 0.15) is 11.6 Å². The van der Waals surface area contributed by atoms with Crippen molar-refractivity contribution in [2.45, 2.75) is 44.9 Å². The third kappa shape index (κ3) is 5.54. The Hall–Kier alpha value is -2.81. The second-order valence-electron chi connectivity index (χ2n) is 10.0. The van der Waals surface area contributed by atoms with Gasteiger partial charge in [-0.2, -0.15) is 31.0 Å². The lowest BCUT2D eigenvalue weighted by molar-refractivity contribution is -0.137. The van der Waals surface area contributed by atoms with E-state index in [2.05, 4.69) is 5.10 Å². The summed E-state index contributed by atoms with van der Waals surface area (Å²) in [5.41, 5.74) is -0.655. The van der Waals surface area contributed by atoms with Crippen molar-refractivity contribution < 1.29 is 35.2 Å². The Bertz CT molecular complexity index is 1580. The smallest absolute Gasteiger partial charge is 0.299 e. The van der Waals surface area contributed by atoms with Crippen molar-refractivity contribution in [3.05, 3.63) is 63.3 Å². The molecule has 5 rings (SSSR count). The Morgan fingerprint density at radius 2 is 1.77 bits per heavy atom. The van der Waals surface area contributed by atoms with Crippen LogP contribution in [0, 0.1) is 18.6 Å². The number of carbonyl (C=O) groups excluding carboxylic acids is 1. The molecule has 15 heteroatoms. The molecule has 1 N–H and O–H groups in total. The zero-order valence-corrected chi connectivity index (χ0v) is 22.8. The normalized spacial score (nSPS) is 17.8. The zero-order valence-electron chi connectivity index (χ0n) is 21.2. The first-order valence-electron chi connectivity index (χ1n) is 12.5. The molecule has 2 aliphatic heterocycles. The predicted molar refractivity (Wildman–Crippen MR) is 137 cm³/mol. The molecule has 0 saturated carbocycles. The van der Waals surface area contributed by atoms with Crippen LogP contribution < -0.4 is 4.72 Å². The van der Waals surface area contributed by atoms with E-state index in [-0.39, 0.29) is 31.2 Å². The number of alkyl halides is 3. The highest BCUT2D eigenvalue weighted by Crippen LogP contribution is 2.35. The van der Waals surface area contributed by atoms with Gasteiger partial charge in [0.2, 0.25) is 0 Å². The van der Waals surface area contributed by atoms with Gasteiger partial charge in [-0.1, -0.05) is 11.6 Å². The molecule has 0 unspecified atom stereocenters. The number of hydrogen-bond donors (Lipinski definition) is 1. The van der Waals surface area contributed by atoms with Crippen molar-refractivity contribution in [1.82, 2.24) is 23.7 Å². The number of rotatable bonds is 6. The summed E-state index contributed by atoms with van der Waals surface area (Å²) in [6, 6.07) is 3.57. The van der Waals surface area contributed by atoms with Gasteiger partial charge in [-0.15, -0.1) is 0 Å². The number of halogens is 6. The summed E-state index contributed by atoms with van der Waals surface area (Å²) in [5.74, 6) is -2.87. The number of amides is 1. The SMILES string of the molecule is Cc1nn(C2CCN(Cc3cc(C(F)(F)F)cc(Cl)c3F)CC2)c2cc(F)c(C(=O)NS(=O)(=O)N3CCC3)cc12. The summed E-state index contributed by atoms with van der Waals surface area (Å²) in [6.07, 6.45) is -2.97. The van der Waals surface area contributed by atoms with Crippen LogP contribution in [0.4, 0.5) is 22.0 Å². The molecule has 40 heavy (non-hydrogen) atoms. The number of carbonyl (C=O) groups is 1. The molecule has 3 aromatic rings. The Labute approximate surface area is 231 Å². The molecular weight excluding hydrogens is 581 g/mol. The van der Waals surface area contributed by atoms with E-state index in [1.54, 1.807) is 11.6 Å². The molecule has 1 aromatic heterocycles. The molecule has 216 valence electrons. The molecule has 0 atom stereocenters. The highest BCUT2D eigenvalue weighted by molar-refractivity contribution is 7.87. The molecule has 2 saturated heterocycles. The van der Waals surface area contributed by atoms with E-state index in [1.807, 2.05) is 9.62 Å². The molecule has 8 nitrogen and oxygen atoms in total. The first-order chi connectivity index (χ1) is 18.7. The number of piperidine rings is 1. The Balaban J connectivity index is 1.31. The van der Waals surface area contributed by atoms with E-state index in [0.29, 0.717) is 55.0 Å². The fourth-order valence-corrected chi connectivity index (χ4v) is 6.47. The van der Waals surface area contributed by atoms with Gasteiger partial charge in [0, 0.05) is 49.7 Å². The topological polar surface area (TPSA) is 87.5 Å². The van der Waals surface area contributed by atoms with E-state index in [4.69, 9.17) is 11.6 Å². The zero-order chi connectivity index (χ0) is 29.0. The number of aryl methyl sites for hydroxylation is 1. The van der Waals surface area contributed by atoms with Gasteiger partial charge in [0.15, 0.2) is 0 Å². The molecule has 2 aromatic carbocycles. The minimum atomic E-state index is -4.66. The van der Waals surface area contributed by atoms with Crippen LogP contribution in [0.2, 0.25) is 5.02 Å². The lowest BCUT2D eigenvalue weighted by atomic mass is 10.0. The molecule has 2 fully saturated rings. The van der Waals surface area contributed by atoms with Crippen molar-refractivity contribution in [3.63, 3.8) is 0 Å². The number of hydrogen-bond acceptors (Lipinski definition) is 5. The highest BCUT2D eigenvalue weighted by atomic mass is 35.5. The van der Waals surface area contributed by atoms with E-state index in [1.165, 1.54) is 6.07 Å². The molecule has 0 aliphatic carbocycles. The van der Waals surface area contributed by atoms with Crippen LogP contribution in [-0.4, -0.2) is 59.5 Å². The Kier molecular flexibility index (Phi) is 7.57. The fourth-order valence-electron chi connectivity index (χ4n) is 5.02. The summed E-state index contributed by atoms with van der Waals surface area (Å²) >= 11 is 5.71. The van der Waals surface area contributed by atoms with E-state index in [9.17, 15) is 30.8 Å². The van der Waals surface area contributed by atoms with Crippen LogP contribution in [0.15, 0.2) is 24.3 Å². The fraction of sp³-hybridized carbons (Fsp3) is 0.440. The first-order valence-corrected chi connectivity index (χ1v) is 14.3. The third-order valence-corrected chi connectivity index (χ3v) is 9.09. The maximum atomic E-state index is 15.0. The van der Waals surface area contributed by atoms with Crippen molar-refractivity contribution in [2.75, 3.05) is 26.2 Å². The minimum absolute atomic E-state index is 0.0610. The number of nitrogens with one attached hydrogen (secondary N) is 1. The van der Waals surface area contributed by atoms with Crippen molar-refractivity contribution >= 4 is 38.6 Å². The summed E-state index contributed by atoms with van der Waals surface area (Å²) in [7, 11) is -4.05. The lowest BCUT2D eigenvalue weighted by Gasteiger charge is -2.32. The van der Waals surface area contributed by atoms with Crippen LogP contribution >= 0.6 is 11.6 Å². The van der Waals surface area contributed by atoms with E-state index < -0.39 is 50.1 Å². The van der Waals surface area contributed by atoms with Crippen LogP contribution in [-0.2, 0) is 22.9 Å². The largest absolute Gasteiger partial charge is 0.416 e. The molecule has 0 radical (unpaired) electrons. The van der Waals surface area contributed by atoms with Gasteiger partial charge >= 0.3 is 16.4 Å². The van der Waals surface area contributed by atoms with E-state index in [0.717, 1.165) is 16.4 Å². The number of fused-ring (bicyclic) bond motifs is 1. The lowest BCUT2D eigenvalue weighted by Crippen LogP contribution is -2.49. The molecular formula is C25H25ClF5N5O3S. The molecule has 2 aliphatic rings. The molecule has 0 bridgehead atoms. The standard InChI is InChI=1S/C25H25ClF5N5O3S/c1-14-18-11-19(24(37)33-40(38,39)35-5-2-6-35)21(27)12-22(18)36(32-14)17-3-7-34(8-4-17)13-15-9-16(25(29,30)31)10-20(26)23(15)28/h9-12,17H,2-8,13H2,1H3,(H,33,37). The number of benzene rings is 2. The average molecular weight is 606 g/mol. The minimum Gasteiger partial charge on any atom is -0.299 e. The highest BCUT2D eigenvalue weighted by Gasteiger charge is 2.33. The number of likely N-dealkylation sites (tertiary alicyclic amines) is 1. The molecule has 1 amide bonds. The Morgan fingerprint density at radius 3 is 2.38 bits per heavy atom. The number of aromatic nitrogens is 2. The van der Waals surface area contributed by atoms with Crippen LogP contribution in [0.3, 0.4) is 0 Å². The maximum Gasteiger partial charge on any atom is 0.416 e. The third-order valence-electron chi connectivity index (χ3n) is 7.33.